The molecule has 0 atom stereocenters. The van der Waals surface area contributed by atoms with Crippen LogP contribution < -0.4 is 9.80 Å². The summed E-state index contributed by atoms with van der Waals surface area (Å²) in [5.41, 5.74) is 6.57. The highest BCUT2D eigenvalue weighted by molar-refractivity contribution is 6.02. The van der Waals surface area contributed by atoms with E-state index < -0.39 is 0 Å². The summed E-state index contributed by atoms with van der Waals surface area (Å²) in [6.07, 6.45) is 2.14. The van der Waals surface area contributed by atoms with Crippen molar-refractivity contribution in [1.82, 2.24) is 0 Å². The second-order valence-corrected chi connectivity index (χ2v) is 8.59. The van der Waals surface area contributed by atoms with E-state index in [0.717, 1.165) is 19.4 Å². The maximum absolute atomic E-state index is 2.50. The van der Waals surface area contributed by atoms with E-state index in [1.807, 2.05) is 0 Å². The Bertz CT molecular complexity index is 1330. The van der Waals surface area contributed by atoms with Gasteiger partial charge in [0.15, 0.2) is 0 Å². The zero-order chi connectivity index (χ0) is 21.5. The van der Waals surface area contributed by atoms with Crippen LogP contribution in [-0.2, 0) is 6.42 Å². The van der Waals surface area contributed by atoms with Gasteiger partial charge in [-0.2, -0.15) is 0 Å². The van der Waals surface area contributed by atoms with Crippen LogP contribution in [0, 0.1) is 0 Å². The van der Waals surface area contributed by atoms with Crippen LogP contribution in [0.4, 0.5) is 22.7 Å². The van der Waals surface area contributed by atoms with E-state index in [2.05, 4.69) is 120 Å². The molecule has 156 valence electrons. The molecule has 1 aliphatic rings. The Kier molecular flexibility index (Phi) is 4.57. The molecule has 0 saturated heterocycles. The third kappa shape index (κ3) is 3.03. The molecule has 6 rings (SSSR count). The molecule has 0 unspecified atom stereocenters. The lowest BCUT2D eigenvalue weighted by atomic mass is 9.94. The molecule has 0 N–H and O–H groups in total. The molecule has 1 aliphatic heterocycles. The SMILES string of the molecule is CN1c2ccccc2N(CCCc2c3ccccc3cc3ccccc23)c2ccccc21. The van der Waals surface area contributed by atoms with Crippen LogP contribution in [0.3, 0.4) is 0 Å². The fourth-order valence-electron chi connectivity index (χ4n) is 5.24. The first-order valence-electron chi connectivity index (χ1n) is 11.4. The summed E-state index contributed by atoms with van der Waals surface area (Å²) in [7, 11) is 2.16. The highest BCUT2D eigenvalue weighted by atomic mass is 15.3. The quantitative estimate of drug-likeness (QED) is 0.276. The van der Waals surface area contributed by atoms with Crippen LogP contribution in [0.2, 0.25) is 0 Å². The van der Waals surface area contributed by atoms with Crippen molar-refractivity contribution in [2.24, 2.45) is 0 Å². The number of aryl methyl sites for hydroxylation is 1. The van der Waals surface area contributed by atoms with Crippen molar-refractivity contribution in [1.29, 1.82) is 0 Å². The predicted molar refractivity (Wildman–Crippen MR) is 138 cm³/mol. The average molecular weight is 415 g/mol. The molecule has 0 radical (unpaired) electrons. The van der Waals surface area contributed by atoms with E-state index >= 15 is 0 Å². The fraction of sp³-hybridized carbons (Fsp3) is 0.133. The number of hydrogen-bond acceptors (Lipinski definition) is 2. The van der Waals surface area contributed by atoms with Gasteiger partial charge in [0.1, 0.15) is 0 Å². The average Bonchev–Trinajstić information content (AvgIpc) is 2.85. The lowest BCUT2D eigenvalue weighted by molar-refractivity contribution is 0.809. The van der Waals surface area contributed by atoms with Crippen LogP contribution in [-0.4, -0.2) is 13.6 Å². The Morgan fingerprint density at radius 3 is 1.59 bits per heavy atom. The number of fused-ring (bicyclic) bond motifs is 4. The van der Waals surface area contributed by atoms with E-state index in [4.69, 9.17) is 0 Å². The molecule has 0 aliphatic carbocycles. The van der Waals surface area contributed by atoms with Gasteiger partial charge in [-0.25, -0.2) is 0 Å². The highest BCUT2D eigenvalue weighted by Gasteiger charge is 2.25. The number of anilines is 4. The van der Waals surface area contributed by atoms with Gasteiger partial charge in [-0.05, 0) is 70.3 Å². The van der Waals surface area contributed by atoms with Crippen molar-refractivity contribution in [3.63, 3.8) is 0 Å². The first kappa shape index (κ1) is 18.9. The predicted octanol–water partition coefficient (Wildman–Crippen LogP) is 7.85. The number of rotatable bonds is 4. The number of nitrogens with zero attached hydrogens (tertiary/aromatic N) is 2. The third-order valence-electron chi connectivity index (χ3n) is 6.76. The summed E-state index contributed by atoms with van der Waals surface area (Å²) in [5.74, 6) is 0. The van der Waals surface area contributed by atoms with Crippen molar-refractivity contribution in [3.05, 3.63) is 109 Å². The summed E-state index contributed by atoms with van der Waals surface area (Å²) in [5, 5.41) is 5.42. The molecule has 5 aromatic rings. The van der Waals surface area contributed by atoms with Gasteiger partial charge in [-0.1, -0.05) is 72.8 Å². The first-order chi connectivity index (χ1) is 15.8. The van der Waals surface area contributed by atoms with E-state index in [9.17, 15) is 0 Å². The Hall–Kier alpha value is -3.78. The molecule has 0 aromatic heterocycles. The topological polar surface area (TPSA) is 6.48 Å². The van der Waals surface area contributed by atoms with Gasteiger partial charge in [-0.15, -0.1) is 0 Å². The van der Waals surface area contributed by atoms with E-state index in [1.54, 1.807) is 0 Å². The highest BCUT2D eigenvalue weighted by Crippen LogP contribution is 2.46. The maximum Gasteiger partial charge on any atom is 0.0652 e. The lowest BCUT2D eigenvalue weighted by Gasteiger charge is -2.38. The van der Waals surface area contributed by atoms with Gasteiger partial charge in [0.2, 0.25) is 0 Å². The summed E-state index contributed by atoms with van der Waals surface area (Å²) in [6, 6.07) is 37.4. The molecule has 0 bridgehead atoms. The monoisotopic (exact) mass is 414 g/mol. The zero-order valence-electron chi connectivity index (χ0n) is 18.3. The van der Waals surface area contributed by atoms with Gasteiger partial charge in [0.05, 0.1) is 22.7 Å². The van der Waals surface area contributed by atoms with Gasteiger partial charge in [0, 0.05) is 13.6 Å². The summed E-state index contributed by atoms with van der Waals surface area (Å²) >= 11 is 0. The molecule has 2 nitrogen and oxygen atoms in total. The normalized spacial score (nSPS) is 12.8. The van der Waals surface area contributed by atoms with Crippen LogP contribution >= 0.6 is 0 Å². The molecule has 0 saturated carbocycles. The molecular formula is C30H26N2. The summed E-state index contributed by atoms with van der Waals surface area (Å²) in [4.78, 5) is 4.80. The minimum Gasteiger partial charge on any atom is -0.341 e. The Morgan fingerprint density at radius 2 is 1.03 bits per heavy atom. The minimum absolute atomic E-state index is 0.986. The smallest absolute Gasteiger partial charge is 0.0652 e. The lowest BCUT2D eigenvalue weighted by Crippen LogP contribution is -2.28. The van der Waals surface area contributed by atoms with E-state index in [1.165, 1.54) is 49.9 Å². The van der Waals surface area contributed by atoms with E-state index in [0.29, 0.717) is 0 Å². The molecule has 0 amide bonds. The molecule has 32 heavy (non-hydrogen) atoms. The summed E-state index contributed by atoms with van der Waals surface area (Å²) < 4.78 is 0. The maximum atomic E-state index is 2.50. The number of benzene rings is 5. The molecular weight excluding hydrogens is 388 g/mol. The largest absolute Gasteiger partial charge is 0.341 e. The van der Waals surface area contributed by atoms with Crippen molar-refractivity contribution >= 4 is 44.3 Å². The Morgan fingerprint density at radius 1 is 0.562 bits per heavy atom. The number of hydrogen-bond donors (Lipinski definition) is 0. The van der Waals surface area contributed by atoms with Crippen molar-refractivity contribution < 1.29 is 0 Å². The molecule has 5 aromatic carbocycles. The van der Waals surface area contributed by atoms with Crippen molar-refractivity contribution in [2.45, 2.75) is 12.8 Å². The van der Waals surface area contributed by atoms with Crippen LogP contribution in [0.1, 0.15) is 12.0 Å². The molecule has 2 heteroatoms. The van der Waals surface area contributed by atoms with Gasteiger partial charge in [0.25, 0.3) is 0 Å². The second-order valence-electron chi connectivity index (χ2n) is 8.59. The standard InChI is InChI=1S/C30H26N2/c1-31-27-16-6-8-18-29(27)32(30-19-9-7-17-28(30)31)20-10-15-26-24-13-4-2-11-22(24)21-23-12-3-5-14-25(23)26/h2-9,11-14,16-19,21H,10,15,20H2,1H3. The molecule has 0 fully saturated rings. The molecule has 0 spiro atoms. The first-order valence-corrected chi connectivity index (χ1v) is 11.4. The van der Waals surface area contributed by atoms with Gasteiger partial charge in [-0.3, -0.25) is 0 Å². The van der Waals surface area contributed by atoms with E-state index in [-0.39, 0.29) is 0 Å². The fourth-order valence-corrected chi connectivity index (χ4v) is 5.24. The number of para-hydroxylation sites is 4. The Labute approximate surface area is 189 Å². The van der Waals surface area contributed by atoms with Gasteiger partial charge >= 0.3 is 0 Å². The van der Waals surface area contributed by atoms with Crippen LogP contribution in [0.25, 0.3) is 21.5 Å². The van der Waals surface area contributed by atoms with Crippen molar-refractivity contribution in [3.8, 4) is 0 Å². The van der Waals surface area contributed by atoms with Gasteiger partial charge < -0.3 is 9.80 Å². The van der Waals surface area contributed by atoms with Crippen LogP contribution in [0.15, 0.2) is 103 Å². The summed E-state index contributed by atoms with van der Waals surface area (Å²) in [6.45, 7) is 0.986. The minimum atomic E-state index is 0.986. The second kappa shape index (κ2) is 7.72. The zero-order valence-corrected chi connectivity index (χ0v) is 18.3. The third-order valence-corrected chi connectivity index (χ3v) is 6.76. The van der Waals surface area contributed by atoms with Crippen molar-refractivity contribution in [2.75, 3.05) is 23.4 Å². The van der Waals surface area contributed by atoms with Crippen LogP contribution in [0.5, 0.6) is 0 Å². The molecule has 1 heterocycles. The Balaban J connectivity index is 1.37.